The van der Waals surface area contributed by atoms with Crippen LogP contribution in [0.5, 0.6) is 5.75 Å². The van der Waals surface area contributed by atoms with Crippen LogP contribution in [0.3, 0.4) is 0 Å². The molecular formula is C21H21F4N5O2. The molecule has 4 rings (SSSR count). The van der Waals surface area contributed by atoms with Crippen molar-refractivity contribution in [3.05, 3.63) is 30.5 Å². The minimum atomic E-state index is -4.82. The van der Waals surface area contributed by atoms with Gasteiger partial charge in [0, 0.05) is 42.8 Å². The number of nitriles is 1. The molecule has 2 aliphatic heterocycles. The minimum Gasteiger partial charge on any atom is -0.403 e. The van der Waals surface area contributed by atoms with Crippen molar-refractivity contribution in [3.63, 3.8) is 0 Å². The molecule has 32 heavy (non-hydrogen) atoms. The smallest absolute Gasteiger partial charge is 0.403 e. The normalized spacial score (nSPS) is 24.0. The Morgan fingerprint density at radius 2 is 2.12 bits per heavy atom. The second-order valence-electron chi connectivity index (χ2n) is 7.95. The molecule has 170 valence electrons. The molecule has 3 heterocycles. The molecule has 0 radical (unpaired) electrons. The number of benzene rings is 1. The summed E-state index contributed by atoms with van der Waals surface area (Å²) in [6.07, 6.45) is -3.85. The lowest BCUT2D eigenvalue weighted by Gasteiger charge is -2.23. The largest absolute Gasteiger partial charge is 0.573 e. The van der Waals surface area contributed by atoms with Gasteiger partial charge >= 0.3 is 6.36 Å². The highest BCUT2D eigenvalue weighted by atomic mass is 19.4. The molecule has 1 N–H and O–H groups in total. The molecule has 2 fully saturated rings. The fourth-order valence-corrected chi connectivity index (χ4v) is 4.26. The Hall–Kier alpha value is -3.13. The fourth-order valence-electron chi connectivity index (χ4n) is 4.26. The number of ether oxygens (including phenoxy) is 1. The van der Waals surface area contributed by atoms with E-state index in [1.807, 2.05) is 11.0 Å². The van der Waals surface area contributed by atoms with Crippen LogP contribution in [0.2, 0.25) is 0 Å². The summed E-state index contributed by atoms with van der Waals surface area (Å²) in [5, 5.41) is 12.9. The van der Waals surface area contributed by atoms with Gasteiger partial charge in [-0.05, 0) is 30.7 Å². The van der Waals surface area contributed by atoms with E-state index < -0.39 is 18.6 Å². The van der Waals surface area contributed by atoms with Crippen molar-refractivity contribution >= 4 is 22.5 Å². The Bertz CT molecular complexity index is 1040. The van der Waals surface area contributed by atoms with Gasteiger partial charge in [-0.15, -0.1) is 13.2 Å². The van der Waals surface area contributed by atoms with Gasteiger partial charge in [0.2, 0.25) is 5.91 Å². The summed E-state index contributed by atoms with van der Waals surface area (Å²) < 4.78 is 55.7. The maximum Gasteiger partial charge on any atom is 0.573 e. The van der Waals surface area contributed by atoms with E-state index in [4.69, 9.17) is 5.26 Å². The lowest BCUT2D eigenvalue weighted by atomic mass is 10.1. The highest BCUT2D eigenvalue weighted by Gasteiger charge is 2.37. The second-order valence-corrected chi connectivity index (χ2v) is 7.95. The zero-order chi connectivity index (χ0) is 22.9. The van der Waals surface area contributed by atoms with Crippen LogP contribution in [0.4, 0.5) is 23.2 Å². The average Bonchev–Trinajstić information content (AvgIpc) is 3.34. The fraction of sp³-hybridized carbons (Fsp3) is 0.476. The first kappa shape index (κ1) is 22.1. The number of amides is 1. The van der Waals surface area contributed by atoms with Gasteiger partial charge in [0.15, 0.2) is 5.75 Å². The molecule has 1 aromatic heterocycles. The number of nitrogens with one attached hydrogen (secondary N) is 1. The number of likely N-dealkylation sites (tertiary alicyclic amines) is 2. The molecule has 0 spiro atoms. The van der Waals surface area contributed by atoms with E-state index in [1.165, 1.54) is 23.2 Å². The number of carbonyl (C=O) groups is 1. The van der Waals surface area contributed by atoms with Crippen LogP contribution in [0.15, 0.2) is 30.5 Å². The summed E-state index contributed by atoms with van der Waals surface area (Å²) in [7, 11) is 0. The second kappa shape index (κ2) is 8.78. The van der Waals surface area contributed by atoms with E-state index in [0.29, 0.717) is 30.6 Å². The molecule has 11 heteroatoms. The van der Waals surface area contributed by atoms with E-state index in [9.17, 15) is 22.4 Å². The van der Waals surface area contributed by atoms with Crippen molar-refractivity contribution < 1.29 is 27.1 Å². The van der Waals surface area contributed by atoms with Crippen molar-refractivity contribution in [1.29, 1.82) is 5.26 Å². The standard InChI is InChI=1S/C21H21F4N5O2/c22-13-8-15(9-26)30(10-13)19(31)12-29-7-5-14(11-29)28-17-3-4-18(32-21(23,24)25)20-16(17)2-1-6-27-20/h1-4,6,13-15,28H,5,7-8,10-12H2/t13-,14+,15-/m0/s1. The number of carbonyl (C=O) groups excluding carboxylic acids is 1. The van der Waals surface area contributed by atoms with Crippen LogP contribution in [0, 0.1) is 11.3 Å². The summed E-state index contributed by atoms with van der Waals surface area (Å²) in [6, 6.07) is 7.23. The third kappa shape index (κ3) is 4.85. The minimum absolute atomic E-state index is 0.0418. The van der Waals surface area contributed by atoms with Gasteiger partial charge in [-0.1, -0.05) is 0 Å². The highest BCUT2D eigenvalue weighted by Crippen LogP contribution is 2.34. The summed E-state index contributed by atoms with van der Waals surface area (Å²) in [5.74, 6) is -0.651. The summed E-state index contributed by atoms with van der Waals surface area (Å²) in [4.78, 5) is 19.8. The summed E-state index contributed by atoms with van der Waals surface area (Å²) in [6.45, 7) is 1.18. The van der Waals surface area contributed by atoms with Crippen molar-refractivity contribution in [3.8, 4) is 11.8 Å². The third-order valence-electron chi connectivity index (χ3n) is 5.67. The first-order valence-corrected chi connectivity index (χ1v) is 10.2. The molecule has 0 bridgehead atoms. The number of hydrogen-bond acceptors (Lipinski definition) is 6. The molecule has 1 amide bonds. The molecule has 0 saturated carbocycles. The Kier molecular flexibility index (Phi) is 6.06. The third-order valence-corrected chi connectivity index (χ3v) is 5.67. The Morgan fingerprint density at radius 1 is 1.31 bits per heavy atom. The average molecular weight is 451 g/mol. The number of anilines is 1. The number of aromatic nitrogens is 1. The Morgan fingerprint density at radius 3 is 2.88 bits per heavy atom. The zero-order valence-electron chi connectivity index (χ0n) is 17.0. The first-order valence-electron chi connectivity index (χ1n) is 10.2. The lowest BCUT2D eigenvalue weighted by molar-refractivity contribution is -0.274. The number of nitrogens with zero attached hydrogens (tertiary/aromatic N) is 4. The van der Waals surface area contributed by atoms with E-state index in [-0.39, 0.29) is 42.7 Å². The molecule has 7 nitrogen and oxygen atoms in total. The van der Waals surface area contributed by atoms with Gasteiger partial charge in [0.05, 0.1) is 19.2 Å². The van der Waals surface area contributed by atoms with Gasteiger partial charge in [0.25, 0.3) is 0 Å². The number of alkyl halides is 4. The molecular weight excluding hydrogens is 430 g/mol. The molecule has 2 saturated heterocycles. The van der Waals surface area contributed by atoms with Gasteiger partial charge < -0.3 is 15.0 Å². The van der Waals surface area contributed by atoms with Gasteiger partial charge in [-0.25, -0.2) is 4.39 Å². The van der Waals surface area contributed by atoms with Crippen molar-refractivity contribution in [2.45, 2.75) is 37.5 Å². The van der Waals surface area contributed by atoms with Crippen molar-refractivity contribution in [2.75, 3.05) is 31.5 Å². The first-order chi connectivity index (χ1) is 15.2. The maximum absolute atomic E-state index is 13.6. The predicted octanol–water partition coefficient (Wildman–Crippen LogP) is 3.08. The van der Waals surface area contributed by atoms with Crippen LogP contribution < -0.4 is 10.1 Å². The number of pyridine rings is 1. The Labute approximate surface area is 181 Å². The number of fused-ring (bicyclic) bond motifs is 1. The highest BCUT2D eigenvalue weighted by molar-refractivity contribution is 5.95. The molecule has 2 aliphatic rings. The van der Waals surface area contributed by atoms with Gasteiger partial charge in [-0.3, -0.25) is 14.7 Å². The molecule has 3 atom stereocenters. The number of rotatable bonds is 5. The van der Waals surface area contributed by atoms with Crippen LogP contribution in [0.1, 0.15) is 12.8 Å². The molecule has 1 aromatic carbocycles. The van der Waals surface area contributed by atoms with E-state index in [0.717, 1.165) is 0 Å². The quantitative estimate of drug-likeness (QED) is 0.704. The molecule has 0 aliphatic carbocycles. The van der Waals surface area contributed by atoms with E-state index in [1.54, 1.807) is 12.1 Å². The van der Waals surface area contributed by atoms with Crippen LogP contribution in [-0.2, 0) is 4.79 Å². The lowest BCUT2D eigenvalue weighted by Crippen LogP contribution is -2.42. The predicted molar refractivity (Wildman–Crippen MR) is 108 cm³/mol. The summed E-state index contributed by atoms with van der Waals surface area (Å²) in [5.41, 5.74) is 0.711. The SMILES string of the molecule is N#C[C@@H]1C[C@H](F)CN1C(=O)CN1CC[C@@H](Nc2ccc(OC(F)(F)F)c3ncccc23)C1. The van der Waals surface area contributed by atoms with Crippen molar-refractivity contribution in [1.82, 2.24) is 14.8 Å². The molecule has 0 unspecified atom stereocenters. The van der Waals surface area contributed by atoms with E-state index in [2.05, 4.69) is 15.0 Å². The number of halogens is 4. The van der Waals surface area contributed by atoms with Gasteiger partial charge in [0.1, 0.15) is 17.7 Å². The monoisotopic (exact) mass is 451 g/mol. The van der Waals surface area contributed by atoms with Crippen LogP contribution >= 0.6 is 0 Å². The van der Waals surface area contributed by atoms with Gasteiger partial charge in [-0.2, -0.15) is 5.26 Å². The maximum atomic E-state index is 13.6. The zero-order valence-corrected chi connectivity index (χ0v) is 17.0. The summed E-state index contributed by atoms with van der Waals surface area (Å²) >= 11 is 0. The molecule has 2 aromatic rings. The topological polar surface area (TPSA) is 81.5 Å². The van der Waals surface area contributed by atoms with E-state index >= 15 is 0 Å². The Balaban J connectivity index is 1.41. The van der Waals surface area contributed by atoms with Crippen LogP contribution in [0.25, 0.3) is 10.9 Å². The number of hydrogen-bond donors (Lipinski definition) is 1. The van der Waals surface area contributed by atoms with Crippen LogP contribution in [-0.4, -0.2) is 71.5 Å². The van der Waals surface area contributed by atoms with Crippen molar-refractivity contribution in [2.24, 2.45) is 0 Å².